The summed E-state index contributed by atoms with van der Waals surface area (Å²) in [7, 11) is 0. The number of hydrogen-bond donors (Lipinski definition) is 2. The Morgan fingerprint density at radius 3 is 2.69 bits per heavy atom. The Labute approximate surface area is 97.1 Å². The number of nitrogens with zero attached hydrogens (tertiary/aromatic N) is 1. The molecule has 0 aliphatic rings. The molecule has 0 fully saturated rings. The van der Waals surface area contributed by atoms with Gasteiger partial charge in [-0.2, -0.15) is 0 Å². The zero-order valence-corrected chi connectivity index (χ0v) is 9.00. The van der Waals surface area contributed by atoms with E-state index < -0.39 is 0 Å². The van der Waals surface area contributed by atoms with Gasteiger partial charge in [-0.15, -0.1) is 0 Å². The van der Waals surface area contributed by atoms with Crippen LogP contribution < -0.4 is 11.1 Å². The lowest BCUT2D eigenvalue weighted by molar-refractivity contribution is 0.632. The van der Waals surface area contributed by atoms with E-state index >= 15 is 0 Å². The van der Waals surface area contributed by atoms with Crippen molar-refractivity contribution in [2.75, 3.05) is 11.1 Å². The molecule has 3 N–H and O–H groups in total. The number of nitrogens with one attached hydrogen (secondary N) is 1. The number of anilines is 3. The third kappa shape index (κ3) is 2.23. The minimum Gasteiger partial charge on any atom is -0.396 e. The SMILES string of the molecule is Nc1ccc(Cl)nc1Nc1ccccc1F. The number of nitrogen functional groups attached to an aromatic ring is 1. The van der Waals surface area contributed by atoms with Crippen LogP contribution in [-0.4, -0.2) is 4.98 Å². The van der Waals surface area contributed by atoms with E-state index in [4.69, 9.17) is 17.3 Å². The summed E-state index contributed by atoms with van der Waals surface area (Å²) in [6, 6.07) is 9.45. The highest BCUT2D eigenvalue weighted by atomic mass is 35.5. The van der Waals surface area contributed by atoms with Crippen LogP contribution in [0.15, 0.2) is 36.4 Å². The van der Waals surface area contributed by atoms with Gasteiger partial charge >= 0.3 is 0 Å². The van der Waals surface area contributed by atoms with E-state index in [9.17, 15) is 4.39 Å². The molecule has 82 valence electrons. The molecule has 0 aliphatic heterocycles. The van der Waals surface area contributed by atoms with Crippen LogP contribution in [0.5, 0.6) is 0 Å². The monoisotopic (exact) mass is 237 g/mol. The Bertz CT molecular complexity index is 516. The summed E-state index contributed by atoms with van der Waals surface area (Å²) in [4.78, 5) is 3.97. The molecule has 0 saturated heterocycles. The van der Waals surface area contributed by atoms with Gasteiger partial charge in [0.15, 0.2) is 5.82 Å². The molecule has 0 bridgehead atoms. The Balaban J connectivity index is 2.34. The average molecular weight is 238 g/mol. The van der Waals surface area contributed by atoms with Crippen molar-refractivity contribution in [3.63, 3.8) is 0 Å². The van der Waals surface area contributed by atoms with Crippen LogP contribution in [0, 0.1) is 5.82 Å². The van der Waals surface area contributed by atoms with E-state index in [0.717, 1.165) is 0 Å². The van der Waals surface area contributed by atoms with Crippen LogP contribution in [-0.2, 0) is 0 Å². The van der Waals surface area contributed by atoms with Crippen molar-refractivity contribution >= 4 is 28.8 Å². The van der Waals surface area contributed by atoms with Gasteiger partial charge in [-0.25, -0.2) is 9.37 Å². The van der Waals surface area contributed by atoms with Crippen LogP contribution in [0.25, 0.3) is 0 Å². The Morgan fingerprint density at radius 1 is 1.19 bits per heavy atom. The van der Waals surface area contributed by atoms with Gasteiger partial charge in [0.05, 0.1) is 11.4 Å². The molecule has 1 heterocycles. The van der Waals surface area contributed by atoms with Crippen molar-refractivity contribution in [1.29, 1.82) is 0 Å². The first kappa shape index (κ1) is 10.7. The number of benzene rings is 1. The first-order chi connectivity index (χ1) is 7.66. The fourth-order valence-electron chi connectivity index (χ4n) is 1.24. The van der Waals surface area contributed by atoms with Crippen molar-refractivity contribution in [3.8, 4) is 0 Å². The molecule has 3 nitrogen and oxygen atoms in total. The van der Waals surface area contributed by atoms with Gasteiger partial charge in [-0.1, -0.05) is 23.7 Å². The van der Waals surface area contributed by atoms with Crippen molar-refractivity contribution in [2.45, 2.75) is 0 Å². The number of aromatic nitrogens is 1. The lowest BCUT2D eigenvalue weighted by atomic mass is 10.3. The zero-order valence-electron chi connectivity index (χ0n) is 8.24. The molecular formula is C11H9ClFN3. The van der Waals surface area contributed by atoms with E-state index in [1.165, 1.54) is 6.07 Å². The first-order valence-electron chi connectivity index (χ1n) is 4.60. The van der Waals surface area contributed by atoms with Crippen LogP contribution >= 0.6 is 11.6 Å². The number of nitrogens with two attached hydrogens (primary N) is 1. The zero-order chi connectivity index (χ0) is 11.5. The van der Waals surface area contributed by atoms with Crippen LogP contribution in [0.3, 0.4) is 0 Å². The largest absolute Gasteiger partial charge is 0.396 e. The predicted octanol–water partition coefficient (Wildman–Crippen LogP) is 3.20. The molecule has 0 radical (unpaired) electrons. The summed E-state index contributed by atoms with van der Waals surface area (Å²) >= 11 is 5.72. The Hall–Kier alpha value is -1.81. The Morgan fingerprint density at radius 2 is 1.94 bits per heavy atom. The molecule has 0 atom stereocenters. The first-order valence-corrected chi connectivity index (χ1v) is 4.98. The van der Waals surface area contributed by atoms with E-state index in [0.29, 0.717) is 22.3 Å². The predicted molar refractivity (Wildman–Crippen MR) is 63.3 cm³/mol. The highest BCUT2D eigenvalue weighted by Crippen LogP contribution is 2.24. The van der Waals surface area contributed by atoms with E-state index in [1.54, 1.807) is 30.3 Å². The highest BCUT2D eigenvalue weighted by molar-refractivity contribution is 6.29. The van der Waals surface area contributed by atoms with Crippen LogP contribution in [0.1, 0.15) is 0 Å². The summed E-state index contributed by atoms with van der Waals surface area (Å²) in [5.74, 6) is -0.0266. The molecule has 1 aromatic heterocycles. The quantitative estimate of drug-likeness (QED) is 0.789. The van der Waals surface area contributed by atoms with E-state index in [-0.39, 0.29) is 5.82 Å². The van der Waals surface area contributed by atoms with Gasteiger partial charge in [0.2, 0.25) is 0 Å². The second kappa shape index (κ2) is 4.37. The van der Waals surface area contributed by atoms with Crippen molar-refractivity contribution in [3.05, 3.63) is 47.4 Å². The number of hydrogen-bond acceptors (Lipinski definition) is 3. The summed E-state index contributed by atoms with van der Waals surface area (Å²) < 4.78 is 13.3. The number of rotatable bonds is 2. The second-order valence-corrected chi connectivity index (χ2v) is 3.56. The summed E-state index contributed by atoms with van der Waals surface area (Å²) in [5.41, 5.74) is 6.40. The fraction of sp³-hybridized carbons (Fsp3) is 0. The van der Waals surface area contributed by atoms with Gasteiger partial charge in [0.1, 0.15) is 11.0 Å². The van der Waals surface area contributed by atoms with E-state index in [2.05, 4.69) is 10.3 Å². The maximum absolute atomic E-state index is 13.3. The van der Waals surface area contributed by atoms with Gasteiger partial charge in [0, 0.05) is 0 Å². The second-order valence-electron chi connectivity index (χ2n) is 3.18. The molecule has 0 spiro atoms. The highest BCUT2D eigenvalue weighted by Gasteiger charge is 2.05. The molecule has 0 amide bonds. The summed E-state index contributed by atoms with van der Waals surface area (Å²) in [5, 5.41) is 3.08. The number of halogens is 2. The minimum atomic E-state index is -0.372. The summed E-state index contributed by atoms with van der Waals surface area (Å²) in [6.07, 6.45) is 0. The Kier molecular flexibility index (Phi) is 2.92. The maximum Gasteiger partial charge on any atom is 0.155 e. The molecule has 0 aliphatic carbocycles. The minimum absolute atomic E-state index is 0.299. The fourth-order valence-corrected chi connectivity index (χ4v) is 1.38. The topological polar surface area (TPSA) is 50.9 Å². The smallest absolute Gasteiger partial charge is 0.155 e. The lowest BCUT2D eigenvalue weighted by Gasteiger charge is -2.08. The summed E-state index contributed by atoms with van der Waals surface area (Å²) in [6.45, 7) is 0. The molecule has 2 rings (SSSR count). The molecular weight excluding hydrogens is 229 g/mol. The third-order valence-corrected chi connectivity index (χ3v) is 2.23. The van der Waals surface area contributed by atoms with Crippen LogP contribution in [0.2, 0.25) is 5.15 Å². The number of pyridine rings is 1. The third-order valence-electron chi connectivity index (χ3n) is 2.02. The van der Waals surface area contributed by atoms with Crippen LogP contribution in [0.4, 0.5) is 21.6 Å². The molecule has 1 aromatic carbocycles. The van der Waals surface area contributed by atoms with E-state index in [1.807, 2.05) is 0 Å². The van der Waals surface area contributed by atoms with Crippen molar-refractivity contribution in [1.82, 2.24) is 4.98 Å². The van der Waals surface area contributed by atoms with Gasteiger partial charge in [0.25, 0.3) is 0 Å². The molecule has 5 heteroatoms. The molecule has 16 heavy (non-hydrogen) atoms. The van der Waals surface area contributed by atoms with Crippen molar-refractivity contribution < 1.29 is 4.39 Å². The maximum atomic E-state index is 13.3. The van der Waals surface area contributed by atoms with Gasteiger partial charge in [-0.05, 0) is 24.3 Å². The molecule has 2 aromatic rings. The van der Waals surface area contributed by atoms with Crippen molar-refractivity contribution in [2.24, 2.45) is 0 Å². The molecule has 0 saturated carbocycles. The normalized spacial score (nSPS) is 10.1. The lowest BCUT2D eigenvalue weighted by Crippen LogP contribution is -2.00. The standard InChI is InChI=1S/C11H9ClFN3/c12-10-6-5-8(14)11(16-10)15-9-4-2-1-3-7(9)13/h1-6H,14H2,(H,15,16). The molecule has 0 unspecified atom stereocenters. The number of para-hydroxylation sites is 1. The van der Waals surface area contributed by atoms with Gasteiger partial charge in [-0.3, -0.25) is 0 Å². The average Bonchev–Trinajstić information content (AvgIpc) is 2.27. The van der Waals surface area contributed by atoms with Gasteiger partial charge < -0.3 is 11.1 Å².